The number of nitrogens with two attached hydrogens (primary N) is 1. The number of thioether (sulfide) groups is 1. The zero-order chi connectivity index (χ0) is 9.68. The lowest BCUT2D eigenvalue weighted by Crippen LogP contribution is -2.45. The molecule has 13 heavy (non-hydrogen) atoms. The summed E-state index contributed by atoms with van der Waals surface area (Å²) in [5.74, 6) is 0.943. The second kappa shape index (κ2) is 5.47. The van der Waals surface area contributed by atoms with E-state index in [0.29, 0.717) is 0 Å². The predicted octanol–water partition coefficient (Wildman–Crippen LogP) is -0.140. The molecule has 0 unspecified atom stereocenters. The van der Waals surface area contributed by atoms with Gasteiger partial charge in [-0.2, -0.15) is 0 Å². The maximum atomic E-state index is 7.06. The van der Waals surface area contributed by atoms with E-state index >= 15 is 0 Å². The maximum absolute atomic E-state index is 7.06. The van der Waals surface area contributed by atoms with Crippen LogP contribution in [0, 0.1) is 5.41 Å². The highest BCUT2D eigenvalue weighted by atomic mass is 32.2. The highest BCUT2D eigenvalue weighted by molar-refractivity contribution is 8.13. The monoisotopic (exact) mass is 202 g/mol. The van der Waals surface area contributed by atoms with Crippen molar-refractivity contribution < 1.29 is 0 Å². The number of likely N-dealkylation sites (N-methyl/N-ethyl adjacent to an activating group) is 1. The SMILES string of the molecule is CN1CCN(CCSC(=N)N)CC1. The third-order valence-corrected chi connectivity index (χ3v) is 2.96. The summed E-state index contributed by atoms with van der Waals surface area (Å²) in [7, 11) is 2.15. The van der Waals surface area contributed by atoms with E-state index in [4.69, 9.17) is 11.1 Å². The summed E-state index contributed by atoms with van der Waals surface area (Å²) in [6.45, 7) is 5.66. The zero-order valence-electron chi connectivity index (χ0n) is 8.12. The average molecular weight is 202 g/mol. The van der Waals surface area contributed by atoms with E-state index in [9.17, 15) is 0 Å². The fourth-order valence-corrected chi connectivity index (χ4v) is 1.93. The first-order valence-electron chi connectivity index (χ1n) is 4.56. The van der Waals surface area contributed by atoms with Gasteiger partial charge >= 0.3 is 0 Å². The van der Waals surface area contributed by atoms with Crippen molar-refractivity contribution in [3.63, 3.8) is 0 Å². The minimum Gasteiger partial charge on any atom is -0.379 e. The van der Waals surface area contributed by atoms with Crippen LogP contribution in [0.5, 0.6) is 0 Å². The van der Waals surface area contributed by atoms with Gasteiger partial charge in [0.1, 0.15) is 0 Å². The van der Waals surface area contributed by atoms with Crippen LogP contribution in [0.2, 0.25) is 0 Å². The van der Waals surface area contributed by atoms with Gasteiger partial charge in [-0.15, -0.1) is 0 Å². The minimum absolute atomic E-state index is 0.231. The summed E-state index contributed by atoms with van der Waals surface area (Å²) in [6.07, 6.45) is 0. The van der Waals surface area contributed by atoms with Crippen molar-refractivity contribution in [1.29, 1.82) is 5.41 Å². The lowest BCUT2D eigenvalue weighted by Gasteiger charge is -2.32. The van der Waals surface area contributed by atoms with Gasteiger partial charge in [-0.05, 0) is 7.05 Å². The van der Waals surface area contributed by atoms with Crippen LogP contribution in [-0.2, 0) is 0 Å². The summed E-state index contributed by atoms with van der Waals surface area (Å²) >= 11 is 1.43. The van der Waals surface area contributed by atoms with Gasteiger partial charge < -0.3 is 10.6 Å². The van der Waals surface area contributed by atoms with E-state index in [0.717, 1.165) is 38.5 Å². The first-order chi connectivity index (χ1) is 6.18. The van der Waals surface area contributed by atoms with Crippen molar-refractivity contribution in [3.05, 3.63) is 0 Å². The summed E-state index contributed by atoms with van der Waals surface area (Å²) in [6, 6.07) is 0. The fraction of sp³-hybridized carbons (Fsp3) is 0.875. The van der Waals surface area contributed by atoms with Crippen LogP contribution in [-0.4, -0.2) is 60.5 Å². The molecule has 3 N–H and O–H groups in total. The topological polar surface area (TPSA) is 56.4 Å². The number of rotatable bonds is 3. The molecule has 1 aliphatic heterocycles. The van der Waals surface area contributed by atoms with Crippen LogP contribution < -0.4 is 5.73 Å². The van der Waals surface area contributed by atoms with Gasteiger partial charge in [0.05, 0.1) is 0 Å². The van der Waals surface area contributed by atoms with Crippen molar-refractivity contribution in [1.82, 2.24) is 9.80 Å². The second-order valence-electron chi connectivity index (χ2n) is 3.36. The molecule has 0 aromatic carbocycles. The number of amidine groups is 1. The van der Waals surface area contributed by atoms with E-state index < -0.39 is 0 Å². The van der Waals surface area contributed by atoms with E-state index in [-0.39, 0.29) is 5.17 Å². The molecule has 1 rings (SSSR count). The number of hydrogen-bond acceptors (Lipinski definition) is 4. The minimum atomic E-state index is 0.231. The van der Waals surface area contributed by atoms with Crippen LogP contribution >= 0.6 is 11.8 Å². The third kappa shape index (κ3) is 4.50. The van der Waals surface area contributed by atoms with E-state index in [2.05, 4.69) is 16.8 Å². The molecule has 0 aromatic rings. The molecule has 0 atom stereocenters. The predicted molar refractivity (Wildman–Crippen MR) is 58.3 cm³/mol. The molecular formula is C8H18N4S. The molecule has 0 aromatic heterocycles. The van der Waals surface area contributed by atoms with E-state index in [1.165, 1.54) is 11.8 Å². The Labute approximate surface area is 84.0 Å². The summed E-state index contributed by atoms with van der Waals surface area (Å²) in [4.78, 5) is 4.77. The van der Waals surface area contributed by atoms with Gasteiger partial charge in [0, 0.05) is 38.5 Å². The van der Waals surface area contributed by atoms with Gasteiger partial charge in [-0.25, -0.2) is 0 Å². The Morgan fingerprint density at radius 2 is 2.00 bits per heavy atom. The molecule has 1 aliphatic rings. The van der Waals surface area contributed by atoms with Crippen molar-refractivity contribution in [3.8, 4) is 0 Å². The molecule has 4 nitrogen and oxygen atoms in total. The normalized spacial score (nSPS) is 20.4. The maximum Gasteiger partial charge on any atom is 0.151 e. The molecule has 0 spiro atoms. The van der Waals surface area contributed by atoms with Crippen LogP contribution in [0.25, 0.3) is 0 Å². The molecule has 0 amide bonds. The molecule has 1 saturated heterocycles. The highest BCUT2D eigenvalue weighted by Crippen LogP contribution is 2.02. The van der Waals surface area contributed by atoms with E-state index in [1.54, 1.807) is 0 Å². The van der Waals surface area contributed by atoms with Crippen molar-refractivity contribution >= 4 is 16.9 Å². The Hall–Kier alpha value is -0.260. The van der Waals surface area contributed by atoms with Crippen LogP contribution in [0.15, 0.2) is 0 Å². The highest BCUT2D eigenvalue weighted by Gasteiger charge is 2.12. The van der Waals surface area contributed by atoms with Gasteiger partial charge in [0.25, 0.3) is 0 Å². The van der Waals surface area contributed by atoms with Gasteiger partial charge in [-0.1, -0.05) is 11.8 Å². The van der Waals surface area contributed by atoms with Gasteiger partial charge in [0.2, 0.25) is 0 Å². The Morgan fingerprint density at radius 3 is 2.54 bits per heavy atom. The standard InChI is InChI=1S/C8H18N4S/c1-11-2-4-12(5-3-11)6-7-13-8(9)10/h2-7H2,1H3,(H3,9,10). The number of nitrogens with zero attached hydrogens (tertiary/aromatic N) is 2. The first kappa shape index (κ1) is 10.8. The zero-order valence-corrected chi connectivity index (χ0v) is 8.94. The smallest absolute Gasteiger partial charge is 0.151 e. The fourth-order valence-electron chi connectivity index (χ4n) is 1.36. The summed E-state index contributed by atoms with van der Waals surface area (Å²) in [5.41, 5.74) is 5.25. The molecular weight excluding hydrogens is 184 g/mol. The van der Waals surface area contributed by atoms with Crippen molar-refractivity contribution in [2.75, 3.05) is 45.5 Å². The van der Waals surface area contributed by atoms with Crippen molar-refractivity contribution in [2.45, 2.75) is 0 Å². The number of piperazine rings is 1. The molecule has 0 radical (unpaired) electrons. The number of hydrogen-bond donors (Lipinski definition) is 2. The summed E-state index contributed by atoms with van der Waals surface area (Å²) < 4.78 is 0. The number of nitrogens with one attached hydrogen (secondary N) is 1. The lowest BCUT2D eigenvalue weighted by molar-refractivity contribution is 0.161. The van der Waals surface area contributed by atoms with E-state index in [1.807, 2.05) is 0 Å². The van der Waals surface area contributed by atoms with Crippen LogP contribution in [0.3, 0.4) is 0 Å². The third-order valence-electron chi connectivity index (χ3n) is 2.26. The van der Waals surface area contributed by atoms with Crippen molar-refractivity contribution in [2.24, 2.45) is 5.73 Å². The average Bonchev–Trinajstić information content (AvgIpc) is 2.08. The molecule has 0 bridgehead atoms. The molecule has 1 fully saturated rings. The van der Waals surface area contributed by atoms with Gasteiger partial charge in [-0.3, -0.25) is 10.3 Å². The summed E-state index contributed by atoms with van der Waals surface area (Å²) in [5, 5.41) is 7.29. The van der Waals surface area contributed by atoms with Crippen LogP contribution in [0.1, 0.15) is 0 Å². The largest absolute Gasteiger partial charge is 0.379 e. The molecule has 0 aliphatic carbocycles. The molecule has 5 heteroatoms. The first-order valence-corrected chi connectivity index (χ1v) is 5.55. The molecule has 1 heterocycles. The Morgan fingerprint density at radius 1 is 1.38 bits per heavy atom. The molecule has 0 saturated carbocycles. The quantitative estimate of drug-likeness (QED) is 0.494. The lowest BCUT2D eigenvalue weighted by atomic mass is 10.3. The Bertz CT molecular complexity index is 166. The van der Waals surface area contributed by atoms with Gasteiger partial charge in [0.15, 0.2) is 5.17 Å². The molecule has 76 valence electrons. The Balaban J connectivity index is 2.05. The second-order valence-corrected chi connectivity index (χ2v) is 4.49. The Kier molecular flexibility index (Phi) is 4.55. The van der Waals surface area contributed by atoms with Crippen LogP contribution in [0.4, 0.5) is 0 Å².